The fraction of sp³-hybridized carbons (Fsp3) is 0.500. The number of nitrogens with zero attached hydrogens (tertiary/aromatic N) is 4. The Kier molecular flexibility index (Phi) is 9.90. The van der Waals surface area contributed by atoms with Crippen LogP contribution in [0, 0.1) is 11.8 Å². The van der Waals surface area contributed by atoms with Crippen molar-refractivity contribution in [1.29, 1.82) is 0 Å². The molecule has 0 unspecified atom stereocenters. The molecule has 4 nitrogen and oxygen atoms in total. The van der Waals surface area contributed by atoms with Gasteiger partial charge < -0.3 is 0 Å². The first-order chi connectivity index (χ1) is 14.8. The minimum absolute atomic E-state index is 0.671. The van der Waals surface area contributed by atoms with Crippen molar-refractivity contribution in [2.45, 2.75) is 72.2 Å². The van der Waals surface area contributed by atoms with E-state index in [1.54, 1.807) is 0 Å². The van der Waals surface area contributed by atoms with E-state index in [1.807, 2.05) is 60.4 Å². The molecule has 0 radical (unpaired) electrons. The first kappa shape index (κ1) is 23.0. The van der Waals surface area contributed by atoms with Crippen LogP contribution < -0.4 is 0 Å². The lowest BCUT2D eigenvalue weighted by Crippen LogP contribution is -2.16. The van der Waals surface area contributed by atoms with E-state index >= 15 is 0 Å². The molecule has 2 aliphatic rings. The Labute approximate surface area is 189 Å². The smallest absolute Gasteiger partial charge is 0.187 e. The maximum Gasteiger partial charge on any atom is 0.187 e. The lowest BCUT2D eigenvalue weighted by molar-refractivity contribution is 0.429. The van der Waals surface area contributed by atoms with E-state index in [2.05, 4.69) is 45.2 Å². The molecule has 6 heteroatoms. The molecule has 2 fully saturated rings. The zero-order valence-electron chi connectivity index (χ0n) is 17.6. The van der Waals surface area contributed by atoms with E-state index in [1.165, 1.54) is 51.4 Å². The fourth-order valence-electron chi connectivity index (χ4n) is 4.00. The molecule has 160 valence electrons. The van der Waals surface area contributed by atoms with Gasteiger partial charge in [0.05, 0.1) is 0 Å². The molecule has 0 saturated heterocycles. The summed E-state index contributed by atoms with van der Waals surface area (Å²) in [5.74, 6) is 1.39. The lowest BCUT2D eigenvalue weighted by Gasteiger charge is -2.25. The van der Waals surface area contributed by atoms with Gasteiger partial charge in [-0.1, -0.05) is 48.5 Å². The molecule has 4 rings (SSSR count). The zero-order valence-corrected chi connectivity index (χ0v) is 19.2. The second kappa shape index (κ2) is 12.9. The summed E-state index contributed by atoms with van der Waals surface area (Å²) in [6, 6.07) is 3.72. The van der Waals surface area contributed by atoms with Crippen molar-refractivity contribution in [3.63, 3.8) is 0 Å². The molecule has 4 atom stereocenters. The molecule has 30 heavy (non-hydrogen) atoms. The molecule has 0 spiro atoms. The van der Waals surface area contributed by atoms with Gasteiger partial charge in [-0.25, -0.2) is 19.9 Å². The highest BCUT2D eigenvalue weighted by molar-refractivity contribution is 8.00. The summed E-state index contributed by atoms with van der Waals surface area (Å²) in [5, 5.41) is 3.16. The zero-order chi connectivity index (χ0) is 21.0. The summed E-state index contributed by atoms with van der Waals surface area (Å²) in [6.07, 6.45) is 21.7. The Balaban J connectivity index is 0.000000171. The number of hydrogen-bond acceptors (Lipinski definition) is 6. The van der Waals surface area contributed by atoms with E-state index in [-0.39, 0.29) is 0 Å². The van der Waals surface area contributed by atoms with Crippen molar-refractivity contribution < 1.29 is 0 Å². The van der Waals surface area contributed by atoms with Crippen LogP contribution in [0.25, 0.3) is 0 Å². The second-order valence-corrected chi connectivity index (χ2v) is 10.4. The largest absolute Gasteiger partial charge is 0.231 e. The van der Waals surface area contributed by atoms with E-state index in [0.29, 0.717) is 22.3 Å². The average molecular weight is 441 g/mol. The normalized spacial score (nSPS) is 26.1. The number of rotatable bonds is 6. The van der Waals surface area contributed by atoms with Crippen molar-refractivity contribution >= 4 is 23.5 Å². The van der Waals surface area contributed by atoms with Crippen LogP contribution in [0.15, 0.2) is 72.5 Å². The highest BCUT2D eigenvalue weighted by Gasteiger charge is 2.22. The van der Waals surface area contributed by atoms with Crippen LogP contribution in [0.3, 0.4) is 0 Å². The third-order valence-corrected chi connectivity index (χ3v) is 7.99. The quantitative estimate of drug-likeness (QED) is 0.371. The summed E-state index contributed by atoms with van der Waals surface area (Å²) in [7, 11) is 0. The van der Waals surface area contributed by atoms with Gasteiger partial charge >= 0.3 is 0 Å². The van der Waals surface area contributed by atoms with Crippen LogP contribution in [-0.4, -0.2) is 30.4 Å². The maximum absolute atomic E-state index is 4.25. The highest BCUT2D eigenvalue weighted by atomic mass is 32.2. The predicted octanol–water partition coefficient (Wildman–Crippen LogP) is 6.63. The molecule has 2 aromatic heterocycles. The molecule has 0 amide bonds. The molecule has 2 aliphatic carbocycles. The number of allylic oxidation sites excluding steroid dienone is 2. The second-order valence-electron chi connectivity index (χ2n) is 7.87. The molecular weight excluding hydrogens is 408 g/mol. The Morgan fingerprint density at radius 3 is 1.43 bits per heavy atom. The van der Waals surface area contributed by atoms with Gasteiger partial charge in [-0.15, -0.1) is 13.2 Å². The van der Waals surface area contributed by atoms with Crippen LogP contribution >= 0.6 is 23.5 Å². The lowest BCUT2D eigenvalue weighted by atomic mass is 9.89. The molecule has 2 saturated carbocycles. The molecule has 2 heterocycles. The molecule has 0 bridgehead atoms. The van der Waals surface area contributed by atoms with E-state index in [0.717, 1.165) is 10.3 Å². The summed E-state index contributed by atoms with van der Waals surface area (Å²) in [4.78, 5) is 17.0. The molecule has 0 N–H and O–H groups in total. The fourth-order valence-corrected chi connectivity index (χ4v) is 6.33. The Morgan fingerprint density at radius 2 is 1.07 bits per heavy atom. The monoisotopic (exact) mass is 440 g/mol. The summed E-state index contributed by atoms with van der Waals surface area (Å²) >= 11 is 3.63. The van der Waals surface area contributed by atoms with Gasteiger partial charge in [-0.2, -0.15) is 0 Å². The van der Waals surface area contributed by atoms with Crippen molar-refractivity contribution in [2.24, 2.45) is 11.8 Å². The molecule has 0 aromatic carbocycles. The van der Waals surface area contributed by atoms with Gasteiger partial charge in [0.2, 0.25) is 0 Å². The van der Waals surface area contributed by atoms with E-state index in [4.69, 9.17) is 0 Å². The first-order valence-corrected chi connectivity index (χ1v) is 12.6. The summed E-state index contributed by atoms with van der Waals surface area (Å²) in [6.45, 7) is 7.77. The van der Waals surface area contributed by atoms with Gasteiger partial charge in [-0.05, 0) is 62.5 Å². The van der Waals surface area contributed by atoms with Gasteiger partial charge in [0.15, 0.2) is 10.3 Å². The Hall–Kier alpha value is -1.66. The third-order valence-electron chi connectivity index (χ3n) is 5.63. The van der Waals surface area contributed by atoms with Crippen LogP contribution in [0.1, 0.15) is 51.4 Å². The van der Waals surface area contributed by atoms with Gasteiger partial charge in [0, 0.05) is 35.3 Å². The molecular formula is C24H32N4S2. The van der Waals surface area contributed by atoms with Crippen molar-refractivity contribution in [2.75, 3.05) is 0 Å². The highest BCUT2D eigenvalue weighted by Crippen LogP contribution is 2.36. The Morgan fingerprint density at radius 1 is 0.667 bits per heavy atom. The molecule has 2 aromatic rings. The van der Waals surface area contributed by atoms with Crippen molar-refractivity contribution in [3.05, 3.63) is 62.2 Å². The average Bonchev–Trinajstić information content (AvgIpc) is 2.81. The number of hydrogen-bond donors (Lipinski definition) is 0. The maximum atomic E-state index is 4.25. The SMILES string of the molecule is C=C[C@@H]1CCC[C@@H](Sc2ncccn2)C1.C=C[C@H]1CCC[C@H](Sc2ncccn2)C1. The van der Waals surface area contributed by atoms with E-state index in [9.17, 15) is 0 Å². The van der Waals surface area contributed by atoms with Crippen molar-refractivity contribution in [3.8, 4) is 0 Å². The van der Waals surface area contributed by atoms with Gasteiger partial charge in [0.25, 0.3) is 0 Å². The van der Waals surface area contributed by atoms with Gasteiger partial charge in [0.1, 0.15) is 0 Å². The van der Waals surface area contributed by atoms with E-state index < -0.39 is 0 Å². The van der Waals surface area contributed by atoms with Crippen LogP contribution in [0.5, 0.6) is 0 Å². The minimum Gasteiger partial charge on any atom is -0.231 e. The topological polar surface area (TPSA) is 51.6 Å². The van der Waals surface area contributed by atoms with Crippen LogP contribution in [-0.2, 0) is 0 Å². The Bertz CT molecular complexity index is 691. The van der Waals surface area contributed by atoms with Crippen molar-refractivity contribution in [1.82, 2.24) is 19.9 Å². The minimum atomic E-state index is 0.671. The van der Waals surface area contributed by atoms with Crippen LogP contribution in [0.2, 0.25) is 0 Å². The first-order valence-electron chi connectivity index (χ1n) is 10.9. The predicted molar refractivity (Wildman–Crippen MR) is 128 cm³/mol. The standard InChI is InChI=1S/2C12H16N2S/c2*1-2-10-5-3-6-11(9-10)15-12-13-7-4-8-14-12/h2*2,4,7-8,10-11H,1,3,5-6,9H2/t2*10-,11-/m10/s1. The third kappa shape index (κ3) is 7.88. The van der Waals surface area contributed by atoms with Gasteiger partial charge in [-0.3, -0.25) is 0 Å². The number of thioether (sulfide) groups is 2. The summed E-state index contributed by atoms with van der Waals surface area (Å²) in [5.41, 5.74) is 0. The van der Waals surface area contributed by atoms with Crippen LogP contribution in [0.4, 0.5) is 0 Å². The summed E-state index contributed by atoms with van der Waals surface area (Å²) < 4.78 is 0. The molecule has 0 aliphatic heterocycles. The number of aromatic nitrogens is 4.